The summed E-state index contributed by atoms with van der Waals surface area (Å²) in [6.07, 6.45) is -0.121. The zero-order chi connectivity index (χ0) is 15.9. The highest BCUT2D eigenvalue weighted by atomic mass is 16.2. The summed E-state index contributed by atoms with van der Waals surface area (Å²) < 4.78 is 0. The molecule has 4 fully saturated rings. The molecule has 118 valence electrons. The van der Waals surface area contributed by atoms with Gasteiger partial charge in [0.2, 0.25) is 0 Å². The highest BCUT2D eigenvalue weighted by Gasteiger charge is 2.62. The fourth-order valence-electron chi connectivity index (χ4n) is 4.79. The fraction of sp³-hybridized carbons (Fsp3) is 0.667. The van der Waals surface area contributed by atoms with Gasteiger partial charge in [-0.1, -0.05) is 13.8 Å². The Morgan fingerprint density at radius 2 is 1.45 bits per heavy atom. The van der Waals surface area contributed by atoms with E-state index >= 15 is 0 Å². The van der Waals surface area contributed by atoms with Crippen LogP contribution in [0.4, 0.5) is 0 Å². The number of rotatable bonds is 1. The molecule has 0 amide bonds. The van der Waals surface area contributed by atoms with E-state index in [1.807, 2.05) is 13.8 Å². The van der Waals surface area contributed by atoms with Gasteiger partial charge in [-0.2, -0.15) is 0 Å². The molecule has 0 radical (unpaired) electrons. The van der Waals surface area contributed by atoms with E-state index in [1.165, 1.54) is 0 Å². The first kappa shape index (κ1) is 13.9. The molecule has 4 bridgehead atoms. The van der Waals surface area contributed by atoms with Gasteiger partial charge in [0.15, 0.2) is 0 Å². The van der Waals surface area contributed by atoms with Gasteiger partial charge in [0, 0.05) is 31.7 Å². The SMILES string of the molecule is Cc1c(C2N3CC4(C)CN2CC(C)(C3)C4=O)[nH]c(=O)[nH]c1=O. The second-order valence-electron chi connectivity index (χ2n) is 7.58. The van der Waals surface area contributed by atoms with Crippen LogP contribution in [-0.2, 0) is 4.79 Å². The van der Waals surface area contributed by atoms with Crippen LogP contribution in [0.25, 0.3) is 0 Å². The Kier molecular flexibility index (Phi) is 2.51. The molecular formula is C15H20N4O3. The van der Waals surface area contributed by atoms with E-state index in [2.05, 4.69) is 19.8 Å². The number of Topliss-reactive ketones (excluding diaryl/α,β-unsaturated/α-hetero) is 1. The molecular weight excluding hydrogens is 284 g/mol. The van der Waals surface area contributed by atoms with Crippen LogP contribution in [0.15, 0.2) is 9.59 Å². The maximum absolute atomic E-state index is 12.7. The zero-order valence-electron chi connectivity index (χ0n) is 13.0. The van der Waals surface area contributed by atoms with Crippen LogP contribution < -0.4 is 11.2 Å². The van der Waals surface area contributed by atoms with Crippen LogP contribution in [0, 0.1) is 17.8 Å². The molecule has 1 aromatic rings. The van der Waals surface area contributed by atoms with Gasteiger partial charge < -0.3 is 4.98 Å². The Morgan fingerprint density at radius 3 is 1.95 bits per heavy atom. The molecule has 0 aliphatic carbocycles. The van der Waals surface area contributed by atoms with Gasteiger partial charge in [0.25, 0.3) is 5.56 Å². The Hall–Kier alpha value is -1.73. The first-order chi connectivity index (χ1) is 10.2. The molecule has 2 N–H and O–H groups in total. The normalized spacial score (nSPS) is 42.9. The van der Waals surface area contributed by atoms with Gasteiger partial charge in [-0.25, -0.2) is 4.79 Å². The summed E-state index contributed by atoms with van der Waals surface area (Å²) >= 11 is 0. The highest BCUT2D eigenvalue weighted by molar-refractivity contribution is 5.92. The Balaban J connectivity index is 1.84. The molecule has 0 atom stereocenters. The summed E-state index contributed by atoms with van der Waals surface area (Å²) in [7, 11) is 0. The third-order valence-electron chi connectivity index (χ3n) is 5.47. The van der Waals surface area contributed by atoms with Gasteiger partial charge in [0.05, 0.1) is 16.5 Å². The number of piperidine rings is 2. The second-order valence-corrected chi connectivity index (χ2v) is 7.58. The standard InChI is InChI=1S/C15H20N4O3/c1-8-9(16-13(22)17-10(8)20)11-18-4-14(2)5-19(11)7-15(3,6-18)12(14)21/h11H,4-7H2,1-3H3,(H2,16,17,20,22). The van der Waals surface area contributed by atoms with Crippen molar-refractivity contribution >= 4 is 5.78 Å². The third kappa shape index (κ3) is 1.60. The first-order valence-corrected chi connectivity index (χ1v) is 7.60. The van der Waals surface area contributed by atoms with E-state index in [0.717, 1.165) is 0 Å². The van der Waals surface area contributed by atoms with Gasteiger partial charge in [-0.05, 0) is 6.92 Å². The van der Waals surface area contributed by atoms with Crippen molar-refractivity contribution < 1.29 is 4.79 Å². The van der Waals surface area contributed by atoms with Crippen LogP contribution >= 0.6 is 0 Å². The van der Waals surface area contributed by atoms with Crippen LogP contribution in [0.2, 0.25) is 0 Å². The lowest BCUT2D eigenvalue weighted by atomic mass is 9.62. The lowest BCUT2D eigenvalue weighted by Crippen LogP contribution is -2.75. The van der Waals surface area contributed by atoms with Crippen molar-refractivity contribution in [1.29, 1.82) is 0 Å². The van der Waals surface area contributed by atoms with Crippen molar-refractivity contribution in [1.82, 2.24) is 19.8 Å². The molecule has 4 saturated heterocycles. The summed E-state index contributed by atoms with van der Waals surface area (Å²) in [5.74, 6) is 0.349. The Labute approximate surface area is 127 Å². The fourth-order valence-corrected chi connectivity index (χ4v) is 4.79. The quantitative estimate of drug-likeness (QED) is 0.737. The van der Waals surface area contributed by atoms with Gasteiger partial charge in [-0.3, -0.25) is 24.4 Å². The van der Waals surface area contributed by atoms with E-state index in [1.54, 1.807) is 6.92 Å². The number of nitrogens with one attached hydrogen (secondary N) is 2. The van der Waals surface area contributed by atoms with Crippen molar-refractivity contribution in [3.8, 4) is 0 Å². The van der Waals surface area contributed by atoms with E-state index in [4.69, 9.17) is 0 Å². The minimum absolute atomic E-state index is 0.121. The molecule has 0 aromatic carbocycles. The van der Waals surface area contributed by atoms with E-state index in [0.29, 0.717) is 43.2 Å². The molecule has 5 rings (SSSR count). The number of ketones is 1. The van der Waals surface area contributed by atoms with Crippen molar-refractivity contribution in [2.24, 2.45) is 10.8 Å². The lowest BCUT2D eigenvalue weighted by molar-refractivity contribution is -0.197. The molecule has 0 unspecified atom stereocenters. The molecule has 1 aromatic heterocycles. The second kappa shape index (κ2) is 3.97. The first-order valence-electron chi connectivity index (χ1n) is 7.60. The van der Waals surface area contributed by atoms with Crippen LogP contribution in [-0.4, -0.2) is 51.7 Å². The van der Waals surface area contributed by atoms with Crippen molar-refractivity contribution in [3.05, 3.63) is 32.1 Å². The summed E-state index contributed by atoms with van der Waals surface area (Å²) in [4.78, 5) is 45.8. The summed E-state index contributed by atoms with van der Waals surface area (Å²) in [5.41, 5.74) is -0.321. The summed E-state index contributed by atoms with van der Waals surface area (Å²) in [6.45, 7) is 8.48. The number of aromatic amines is 2. The summed E-state index contributed by atoms with van der Waals surface area (Å²) in [5, 5.41) is 0. The largest absolute Gasteiger partial charge is 0.326 e. The van der Waals surface area contributed by atoms with Crippen LogP contribution in [0.3, 0.4) is 0 Å². The monoisotopic (exact) mass is 304 g/mol. The number of carbonyl (C=O) groups is 1. The van der Waals surface area contributed by atoms with E-state index in [9.17, 15) is 14.4 Å². The van der Waals surface area contributed by atoms with E-state index < -0.39 is 5.69 Å². The highest BCUT2D eigenvalue weighted by Crippen LogP contribution is 2.51. The maximum Gasteiger partial charge on any atom is 0.326 e. The number of hydrogen-bond acceptors (Lipinski definition) is 5. The predicted octanol–water partition coefficient (Wildman–Crippen LogP) is -0.403. The van der Waals surface area contributed by atoms with Gasteiger partial charge >= 0.3 is 5.69 Å². The Bertz CT molecular complexity index is 753. The number of carbonyl (C=O) groups excluding carboxylic acids is 1. The molecule has 0 saturated carbocycles. The van der Waals surface area contributed by atoms with Crippen molar-refractivity contribution in [2.75, 3.05) is 26.2 Å². The smallest absolute Gasteiger partial charge is 0.308 e. The van der Waals surface area contributed by atoms with Gasteiger partial charge in [0.1, 0.15) is 11.9 Å². The minimum Gasteiger partial charge on any atom is -0.308 e. The third-order valence-corrected chi connectivity index (χ3v) is 5.47. The molecule has 4 aliphatic rings. The minimum atomic E-state index is -0.477. The van der Waals surface area contributed by atoms with E-state index in [-0.39, 0.29) is 22.6 Å². The van der Waals surface area contributed by atoms with Crippen LogP contribution in [0.5, 0.6) is 0 Å². The van der Waals surface area contributed by atoms with Crippen molar-refractivity contribution in [2.45, 2.75) is 26.9 Å². The molecule has 7 nitrogen and oxygen atoms in total. The molecule has 22 heavy (non-hydrogen) atoms. The average Bonchev–Trinajstić information content (AvgIpc) is 2.39. The lowest BCUT2D eigenvalue weighted by Gasteiger charge is -2.64. The molecule has 5 heterocycles. The number of hydrogen-bond donors (Lipinski definition) is 2. The predicted molar refractivity (Wildman–Crippen MR) is 79.5 cm³/mol. The number of H-pyrrole nitrogens is 2. The molecule has 0 spiro atoms. The van der Waals surface area contributed by atoms with Crippen molar-refractivity contribution in [3.63, 3.8) is 0 Å². The summed E-state index contributed by atoms with van der Waals surface area (Å²) in [6, 6.07) is 0. The van der Waals surface area contributed by atoms with Crippen LogP contribution in [0.1, 0.15) is 31.3 Å². The molecule has 7 heteroatoms. The van der Waals surface area contributed by atoms with Gasteiger partial charge in [-0.15, -0.1) is 0 Å². The topological polar surface area (TPSA) is 89.3 Å². The number of nitrogens with zero attached hydrogens (tertiary/aromatic N) is 2. The maximum atomic E-state index is 12.7. The Morgan fingerprint density at radius 1 is 0.955 bits per heavy atom. The molecule has 4 aliphatic heterocycles. The zero-order valence-corrected chi connectivity index (χ0v) is 13.0. The average molecular weight is 304 g/mol. The number of aromatic nitrogens is 2.